The summed E-state index contributed by atoms with van der Waals surface area (Å²) in [6.45, 7) is 4.44. The van der Waals surface area contributed by atoms with Crippen LogP contribution in [0.25, 0.3) is 0 Å². The highest BCUT2D eigenvalue weighted by molar-refractivity contribution is 5.92. The van der Waals surface area contributed by atoms with Crippen LogP contribution in [0.3, 0.4) is 0 Å². The molecule has 0 unspecified atom stereocenters. The number of hydrogen-bond donors (Lipinski definition) is 2. The van der Waals surface area contributed by atoms with Crippen molar-refractivity contribution in [3.05, 3.63) is 54.0 Å². The lowest BCUT2D eigenvalue weighted by Crippen LogP contribution is -2.24. The SMILES string of the molecule is CC(C)Nc1cccc(C(=O)NCc2ccccn2)n1. The first-order chi connectivity index (χ1) is 9.65. The second-order valence-corrected chi connectivity index (χ2v) is 4.71. The Labute approximate surface area is 118 Å². The summed E-state index contributed by atoms with van der Waals surface area (Å²) in [5, 5.41) is 5.97. The van der Waals surface area contributed by atoms with Gasteiger partial charge in [-0.3, -0.25) is 9.78 Å². The van der Waals surface area contributed by atoms with E-state index in [4.69, 9.17) is 0 Å². The maximum Gasteiger partial charge on any atom is 0.270 e. The molecule has 2 N–H and O–H groups in total. The Balaban J connectivity index is 1.98. The smallest absolute Gasteiger partial charge is 0.270 e. The predicted octanol–water partition coefficient (Wildman–Crippen LogP) is 2.23. The molecule has 0 spiro atoms. The fraction of sp³-hybridized carbons (Fsp3) is 0.267. The highest BCUT2D eigenvalue weighted by atomic mass is 16.1. The Morgan fingerprint density at radius 2 is 2.05 bits per heavy atom. The molecule has 0 atom stereocenters. The number of amides is 1. The van der Waals surface area contributed by atoms with Gasteiger partial charge in [-0.1, -0.05) is 12.1 Å². The van der Waals surface area contributed by atoms with E-state index in [2.05, 4.69) is 20.6 Å². The molecule has 20 heavy (non-hydrogen) atoms. The van der Waals surface area contributed by atoms with Gasteiger partial charge in [0, 0.05) is 12.2 Å². The van der Waals surface area contributed by atoms with E-state index >= 15 is 0 Å². The molecule has 5 heteroatoms. The number of anilines is 1. The Morgan fingerprint density at radius 3 is 2.75 bits per heavy atom. The van der Waals surface area contributed by atoms with Crippen molar-refractivity contribution >= 4 is 11.7 Å². The number of aromatic nitrogens is 2. The van der Waals surface area contributed by atoms with E-state index in [1.54, 1.807) is 12.3 Å². The average Bonchev–Trinajstić information content (AvgIpc) is 2.45. The minimum absolute atomic E-state index is 0.206. The maximum absolute atomic E-state index is 12.0. The number of nitrogens with one attached hydrogen (secondary N) is 2. The van der Waals surface area contributed by atoms with E-state index in [1.807, 2.05) is 44.2 Å². The Kier molecular flexibility index (Phi) is 4.65. The molecule has 0 aliphatic carbocycles. The quantitative estimate of drug-likeness (QED) is 0.874. The number of carbonyl (C=O) groups excluding carboxylic acids is 1. The largest absolute Gasteiger partial charge is 0.368 e. The highest BCUT2D eigenvalue weighted by Gasteiger charge is 2.08. The van der Waals surface area contributed by atoms with Gasteiger partial charge in [0.25, 0.3) is 5.91 Å². The van der Waals surface area contributed by atoms with Crippen LogP contribution < -0.4 is 10.6 Å². The number of carbonyl (C=O) groups is 1. The van der Waals surface area contributed by atoms with Gasteiger partial charge >= 0.3 is 0 Å². The normalized spacial score (nSPS) is 10.3. The van der Waals surface area contributed by atoms with Gasteiger partial charge in [0.05, 0.1) is 12.2 Å². The van der Waals surface area contributed by atoms with Crippen molar-refractivity contribution in [2.24, 2.45) is 0 Å². The molecule has 0 fully saturated rings. The third kappa shape index (κ3) is 4.05. The zero-order valence-corrected chi connectivity index (χ0v) is 11.6. The number of pyridine rings is 2. The van der Waals surface area contributed by atoms with Crippen molar-refractivity contribution in [1.29, 1.82) is 0 Å². The van der Waals surface area contributed by atoms with Gasteiger partial charge in [0.1, 0.15) is 11.5 Å². The molecule has 104 valence electrons. The third-order valence-electron chi connectivity index (χ3n) is 2.57. The zero-order chi connectivity index (χ0) is 14.4. The van der Waals surface area contributed by atoms with Crippen molar-refractivity contribution in [2.45, 2.75) is 26.4 Å². The Morgan fingerprint density at radius 1 is 1.20 bits per heavy atom. The van der Waals surface area contributed by atoms with Crippen LogP contribution >= 0.6 is 0 Å². The lowest BCUT2D eigenvalue weighted by molar-refractivity contribution is 0.0945. The summed E-state index contributed by atoms with van der Waals surface area (Å²) in [5.74, 6) is 0.494. The van der Waals surface area contributed by atoms with Gasteiger partial charge in [-0.25, -0.2) is 4.98 Å². The van der Waals surface area contributed by atoms with E-state index in [0.29, 0.717) is 18.1 Å². The summed E-state index contributed by atoms with van der Waals surface area (Å²) in [4.78, 5) is 20.5. The molecule has 2 aromatic rings. The standard InChI is InChI=1S/C15H18N4O/c1-11(2)18-14-8-5-7-13(19-14)15(20)17-10-12-6-3-4-9-16-12/h3-9,11H,10H2,1-2H3,(H,17,20)(H,18,19). The summed E-state index contributed by atoms with van der Waals surface area (Å²) in [6, 6.07) is 11.2. The van der Waals surface area contributed by atoms with E-state index in [1.165, 1.54) is 0 Å². The third-order valence-corrected chi connectivity index (χ3v) is 2.57. The van der Waals surface area contributed by atoms with Crippen LogP contribution in [0, 0.1) is 0 Å². The first kappa shape index (κ1) is 14.0. The van der Waals surface area contributed by atoms with Gasteiger partial charge in [0.15, 0.2) is 0 Å². The second kappa shape index (κ2) is 6.65. The van der Waals surface area contributed by atoms with Crippen molar-refractivity contribution in [2.75, 3.05) is 5.32 Å². The van der Waals surface area contributed by atoms with E-state index < -0.39 is 0 Å². The first-order valence-corrected chi connectivity index (χ1v) is 6.57. The van der Waals surface area contributed by atoms with Crippen molar-refractivity contribution in [3.63, 3.8) is 0 Å². The topological polar surface area (TPSA) is 66.9 Å². The molecule has 2 rings (SSSR count). The summed E-state index contributed by atoms with van der Waals surface area (Å²) in [5.41, 5.74) is 1.21. The van der Waals surface area contributed by atoms with E-state index in [9.17, 15) is 4.79 Å². The molecule has 0 bridgehead atoms. The van der Waals surface area contributed by atoms with Crippen molar-refractivity contribution in [1.82, 2.24) is 15.3 Å². The average molecular weight is 270 g/mol. The molecular weight excluding hydrogens is 252 g/mol. The minimum Gasteiger partial charge on any atom is -0.368 e. The van der Waals surface area contributed by atoms with Gasteiger partial charge in [-0.15, -0.1) is 0 Å². The lowest BCUT2D eigenvalue weighted by atomic mass is 10.3. The molecule has 0 radical (unpaired) electrons. The number of rotatable bonds is 5. The zero-order valence-electron chi connectivity index (χ0n) is 11.6. The molecule has 2 heterocycles. The van der Waals surface area contributed by atoms with E-state index in [-0.39, 0.29) is 11.9 Å². The molecule has 2 aromatic heterocycles. The molecule has 0 saturated heterocycles. The first-order valence-electron chi connectivity index (χ1n) is 6.57. The Bertz CT molecular complexity index is 569. The van der Waals surface area contributed by atoms with Crippen LogP contribution in [0.5, 0.6) is 0 Å². The minimum atomic E-state index is -0.206. The number of hydrogen-bond acceptors (Lipinski definition) is 4. The van der Waals surface area contributed by atoms with Gasteiger partial charge < -0.3 is 10.6 Å². The fourth-order valence-electron chi connectivity index (χ4n) is 1.70. The molecule has 5 nitrogen and oxygen atoms in total. The van der Waals surface area contributed by atoms with Crippen molar-refractivity contribution < 1.29 is 4.79 Å². The predicted molar refractivity (Wildman–Crippen MR) is 78.4 cm³/mol. The van der Waals surface area contributed by atoms with Crippen LogP contribution in [-0.2, 0) is 6.54 Å². The summed E-state index contributed by atoms with van der Waals surface area (Å²) in [7, 11) is 0. The molecule has 0 aromatic carbocycles. The van der Waals surface area contributed by atoms with Crippen LogP contribution in [-0.4, -0.2) is 21.9 Å². The molecule has 1 amide bonds. The molecular formula is C15H18N4O. The van der Waals surface area contributed by atoms with Gasteiger partial charge in [-0.2, -0.15) is 0 Å². The van der Waals surface area contributed by atoms with Gasteiger partial charge in [0.2, 0.25) is 0 Å². The Hall–Kier alpha value is -2.43. The maximum atomic E-state index is 12.0. The number of nitrogens with zero attached hydrogens (tertiary/aromatic N) is 2. The summed E-state index contributed by atoms with van der Waals surface area (Å²) >= 11 is 0. The van der Waals surface area contributed by atoms with Crippen LogP contribution in [0.4, 0.5) is 5.82 Å². The lowest BCUT2D eigenvalue weighted by Gasteiger charge is -2.10. The second-order valence-electron chi connectivity index (χ2n) is 4.71. The van der Waals surface area contributed by atoms with Crippen LogP contribution in [0.2, 0.25) is 0 Å². The van der Waals surface area contributed by atoms with Gasteiger partial charge in [-0.05, 0) is 38.1 Å². The molecule has 0 aliphatic rings. The fourth-order valence-corrected chi connectivity index (χ4v) is 1.70. The van der Waals surface area contributed by atoms with Crippen molar-refractivity contribution in [3.8, 4) is 0 Å². The van der Waals surface area contributed by atoms with Crippen LogP contribution in [0.1, 0.15) is 30.0 Å². The highest BCUT2D eigenvalue weighted by Crippen LogP contribution is 2.06. The summed E-state index contributed by atoms with van der Waals surface area (Å²) < 4.78 is 0. The van der Waals surface area contributed by atoms with E-state index in [0.717, 1.165) is 5.69 Å². The molecule has 0 aliphatic heterocycles. The molecule has 0 saturated carbocycles. The summed E-state index contributed by atoms with van der Waals surface area (Å²) in [6.07, 6.45) is 1.70. The monoisotopic (exact) mass is 270 g/mol. The van der Waals surface area contributed by atoms with Crippen LogP contribution in [0.15, 0.2) is 42.6 Å².